The number of halogens is 2. The molecule has 5 heteroatoms. The second kappa shape index (κ2) is 7.56. The molecule has 0 saturated heterocycles. The van der Waals surface area contributed by atoms with Gasteiger partial charge < -0.3 is 9.47 Å². The van der Waals surface area contributed by atoms with Gasteiger partial charge in [0.1, 0.15) is 5.75 Å². The molecule has 0 aliphatic heterocycles. The van der Waals surface area contributed by atoms with Crippen LogP contribution in [0.1, 0.15) is 23.7 Å². The van der Waals surface area contributed by atoms with Crippen LogP contribution in [0, 0.1) is 0 Å². The molecular weight excluding hydrogens is 307 g/mol. The minimum Gasteiger partial charge on any atom is -0.492 e. The highest BCUT2D eigenvalue weighted by molar-refractivity contribution is 9.09. The summed E-state index contributed by atoms with van der Waals surface area (Å²) in [6.07, 6.45) is 0.899. The van der Waals surface area contributed by atoms with Crippen LogP contribution in [-0.2, 0) is 4.74 Å². The molecule has 0 spiro atoms. The van der Waals surface area contributed by atoms with Crippen molar-refractivity contribution in [2.45, 2.75) is 13.3 Å². The van der Waals surface area contributed by atoms with E-state index in [0.29, 0.717) is 29.5 Å². The smallest absolute Gasteiger partial charge is 0.338 e. The van der Waals surface area contributed by atoms with Crippen molar-refractivity contribution in [1.82, 2.24) is 0 Å². The van der Waals surface area contributed by atoms with Crippen LogP contribution < -0.4 is 4.74 Å². The molecule has 1 aromatic carbocycles. The van der Waals surface area contributed by atoms with E-state index in [4.69, 9.17) is 21.1 Å². The van der Waals surface area contributed by atoms with Crippen LogP contribution in [0.4, 0.5) is 0 Å². The zero-order valence-corrected chi connectivity index (χ0v) is 11.9. The molecule has 0 aliphatic carbocycles. The highest BCUT2D eigenvalue weighted by atomic mass is 79.9. The van der Waals surface area contributed by atoms with Crippen molar-refractivity contribution in [2.24, 2.45) is 0 Å². The minimum absolute atomic E-state index is 0.347. The molecule has 1 aromatic rings. The lowest BCUT2D eigenvalue weighted by Gasteiger charge is -2.08. The summed E-state index contributed by atoms with van der Waals surface area (Å²) in [5.41, 5.74) is 0.435. The van der Waals surface area contributed by atoms with Gasteiger partial charge in [-0.15, -0.1) is 0 Å². The monoisotopic (exact) mass is 320 g/mol. The molecule has 94 valence electrons. The fourth-order valence-electron chi connectivity index (χ4n) is 1.20. The molecule has 0 aromatic heterocycles. The summed E-state index contributed by atoms with van der Waals surface area (Å²) in [6, 6.07) is 4.89. The predicted molar refractivity (Wildman–Crippen MR) is 71.3 cm³/mol. The van der Waals surface area contributed by atoms with E-state index in [2.05, 4.69) is 15.9 Å². The van der Waals surface area contributed by atoms with Crippen LogP contribution in [0.5, 0.6) is 5.75 Å². The third-order valence-electron chi connectivity index (χ3n) is 1.98. The van der Waals surface area contributed by atoms with Crippen LogP contribution in [0.2, 0.25) is 5.02 Å². The average Bonchev–Trinajstić information content (AvgIpc) is 2.31. The topological polar surface area (TPSA) is 35.5 Å². The van der Waals surface area contributed by atoms with Gasteiger partial charge in [-0.05, 0) is 31.5 Å². The lowest BCUT2D eigenvalue weighted by molar-refractivity contribution is 0.0526. The minimum atomic E-state index is -0.374. The normalized spacial score (nSPS) is 10.1. The Bertz CT molecular complexity index is 382. The Morgan fingerprint density at radius 2 is 2.24 bits per heavy atom. The van der Waals surface area contributed by atoms with Crippen molar-refractivity contribution in [3.63, 3.8) is 0 Å². The van der Waals surface area contributed by atoms with Crippen LogP contribution in [0.3, 0.4) is 0 Å². The zero-order chi connectivity index (χ0) is 12.7. The molecule has 0 fully saturated rings. The first-order valence-corrected chi connectivity index (χ1v) is 6.84. The number of alkyl halides is 1. The van der Waals surface area contributed by atoms with Gasteiger partial charge in [0.25, 0.3) is 0 Å². The number of carbonyl (C=O) groups is 1. The Labute approximate surface area is 114 Å². The molecule has 0 radical (unpaired) electrons. The van der Waals surface area contributed by atoms with Crippen molar-refractivity contribution >= 4 is 33.5 Å². The first-order chi connectivity index (χ1) is 8.19. The van der Waals surface area contributed by atoms with E-state index in [-0.39, 0.29) is 5.97 Å². The molecule has 0 unspecified atom stereocenters. The van der Waals surface area contributed by atoms with E-state index in [9.17, 15) is 4.79 Å². The number of carbonyl (C=O) groups excluding carboxylic acids is 1. The Morgan fingerprint density at radius 3 is 2.82 bits per heavy atom. The van der Waals surface area contributed by atoms with E-state index in [0.717, 1.165) is 11.8 Å². The number of ether oxygens (including phenoxy) is 2. The second-order valence-electron chi connectivity index (χ2n) is 3.26. The van der Waals surface area contributed by atoms with Gasteiger partial charge in [-0.3, -0.25) is 0 Å². The molecule has 0 saturated carbocycles. The Balaban J connectivity index is 2.68. The van der Waals surface area contributed by atoms with Crippen LogP contribution >= 0.6 is 27.5 Å². The molecular formula is C12H14BrClO3. The van der Waals surface area contributed by atoms with Crippen molar-refractivity contribution in [1.29, 1.82) is 0 Å². The quantitative estimate of drug-likeness (QED) is 0.455. The van der Waals surface area contributed by atoms with E-state index in [1.807, 2.05) is 0 Å². The SMILES string of the molecule is CCOC(=O)c1ccc(OCCCBr)c(Cl)c1. The molecule has 17 heavy (non-hydrogen) atoms. The maximum atomic E-state index is 11.4. The molecule has 0 amide bonds. The van der Waals surface area contributed by atoms with Gasteiger partial charge in [-0.25, -0.2) is 4.79 Å². The van der Waals surface area contributed by atoms with E-state index >= 15 is 0 Å². The molecule has 1 rings (SSSR count). The standard InChI is InChI=1S/C12H14BrClO3/c1-2-16-12(15)9-4-5-11(10(14)8-9)17-7-3-6-13/h4-5,8H,2-3,6-7H2,1H3. The number of benzene rings is 1. The fourth-order valence-corrected chi connectivity index (χ4v) is 1.66. The first-order valence-electron chi connectivity index (χ1n) is 5.34. The summed E-state index contributed by atoms with van der Waals surface area (Å²) < 4.78 is 10.3. The molecule has 0 aliphatic rings. The van der Waals surface area contributed by atoms with E-state index < -0.39 is 0 Å². The molecule has 0 bridgehead atoms. The van der Waals surface area contributed by atoms with Crippen LogP contribution in [0.15, 0.2) is 18.2 Å². The third-order valence-corrected chi connectivity index (χ3v) is 2.83. The van der Waals surface area contributed by atoms with Crippen molar-refractivity contribution in [2.75, 3.05) is 18.5 Å². The highest BCUT2D eigenvalue weighted by Crippen LogP contribution is 2.25. The van der Waals surface area contributed by atoms with Gasteiger partial charge in [0.05, 0.1) is 23.8 Å². The average molecular weight is 322 g/mol. The van der Waals surface area contributed by atoms with Gasteiger partial charge in [-0.2, -0.15) is 0 Å². The van der Waals surface area contributed by atoms with Crippen molar-refractivity contribution in [3.8, 4) is 5.75 Å². The van der Waals surface area contributed by atoms with E-state index in [1.165, 1.54) is 0 Å². The van der Waals surface area contributed by atoms with Gasteiger partial charge in [0.15, 0.2) is 0 Å². The highest BCUT2D eigenvalue weighted by Gasteiger charge is 2.09. The molecule has 3 nitrogen and oxygen atoms in total. The third kappa shape index (κ3) is 4.56. The van der Waals surface area contributed by atoms with Gasteiger partial charge in [0, 0.05) is 5.33 Å². The molecule has 0 N–H and O–H groups in total. The zero-order valence-electron chi connectivity index (χ0n) is 9.54. The Kier molecular flexibility index (Phi) is 6.37. The summed E-state index contributed by atoms with van der Waals surface area (Å²) >= 11 is 9.32. The summed E-state index contributed by atoms with van der Waals surface area (Å²) in [6.45, 7) is 2.70. The largest absolute Gasteiger partial charge is 0.492 e. The van der Waals surface area contributed by atoms with Gasteiger partial charge >= 0.3 is 5.97 Å². The maximum Gasteiger partial charge on any atom is 0.338 e. The number of rotatable bonds is 6. The fraction of sp³-hybridized carbons (Fsp3) is 0.417. The van der Waals surface area contributed by atoms with Gasteiger partial charge in [-0.1, -0.05) is 27.5 Å². The lowest BCUT2D eigenvalue weighted by Crippen LogP contribution is -2.05. The summed E-state index contributed by atoms with van der Waals surface area (Å²) in [7, 11) is 0. The maximum absolute atomic E-state index is 11.4. The number of hydrogen-bond donors (Lipinski definition) is 0. The van der Waals surface area contributed by atoms with Crippen LogP contribution in [-0.4, -0.2) is 24.5 Å². The number of esters is 1. The molecule has 0 atom stereocenters. The van der Waals surface area contributed by atoms with Crippen molar-refractivity contribution in [3.05, 3.63) is 28.8 Å². The first kappa shape index (κ1) is 14.3. The summed E-state index contributed by atoms with van der Waals surface area (Å²) in [5, 5.41) is 1.30. The second-order valence-corrected chi connectivity index (χ2v) is 4.46. The summed E-state index contributed by atoms with van der Waals surface area (Å²) in [4.78, 5) is 11.4. The van der Waals surface area contributed by atoms with Crippen molar-refractivity contribution < 1.29 is 14.3 Å². The Hall–Kier alpha value is -0.740. The van der Waals surface area contributed by atoms with E-state index in [1.54, 1.807) is 25.1 Å². The number of hydrogen-bond acceptors (Lipinski definition) is 3. The Morgan fingerprint density at radius 1 is 1.47 bits per heavy atom. The van der Waals surface area contributed by atoms with Crippen LogP contribution in [0.25, 0.3) is 0 Å². The summed E-state index contributed by atoms with van der Waals surface area (Å²) in [5.74, 6) is 0.210. The lowest BCUT2D eigenvalue weighted by atomic mass is 10.2. The predicted octanol–water partition coefficient (Wildman–Crippen LogP) is 3.68. The van der Waals surface area contributed by atoms with Gasteiger partial charge in [0.2, 0.25) is 0 Å². The molecule has 0 heterocycles.